The van der Waals surface area contributed by atoms with Crippen molar-refractivity contribution < 1.29 is 14.7 Å². The van der Waals surface area contributed by atoms with Crippen LogP contribution in [0.15, 0.2) is 6.33 Å². The number of hydrogen-bond acceptors (Lipinski definition) is 5. The SMILES string of the molecule is CCc1nc(C(=O)N2Cc3[nH]cnc3CC2C(=O)O)n[nH]1. The summed E-state index contributed by atoms with van der Waals surface area (Å²) in [5, 5.41) is 15.8. The predicted molar refractivity (Wildman–Crippen MR) is 69.3 cm³/mol. The summed E-state index contributed by atoms with van der Waals surface area (Å²) in [5.74, 6) is -0.993. The molecule has 1 atom stereocenters. The lowest BCUT2D eigenvalue weighted by molar-refractivity contribution is -0.142. The summed E-state index contributed by atoms with van der Waals surface area (Å²) in [6.45, 7) is 2.04. The molecule has 0 aromatic carbocycles. The molecule has 1 unspecified atom stereocenters. The number of imidazole rings is 1. The van der Waals surface area contributed by atoms with Gasteiger partial charge in [0.2, 0.25) is 5.82 Å². The zero-order valence-corrected chi connectivity index (χ0v) is 11.3. The fourth-order valence-electron chi connectivity index (χ4n) is 2.35. The summed E-state index contributed by atoms with van der Waals surface area (Å²) >= 11 is 0. The standard InChI is InChI=1S/C12H14N6O3/c1-2-9-15-10(17-16-9)11(19)18-4-7-6(13-5-14-7)3-8(18)12(20)21/h5,8H,2-4H2,1H3,(H,13,14)(H,20,21)(H,15,16,17). The third-order valence-electron chi connectivity index (χ3n) is 3.50. The molecule has 9 nitrogen and oxygen atoms in total. The van der Waals surface area contributed by atoms with E-state index in [0.29, 0.717) is 17.9 Å². The Morgan fingerprint density at radius 3 is 3.00 bits per heavy atom. The minimum absolute atomic E-state index is 0.0129. The Balaban J connectivity index is 1.91. The van der Waals surface area contributed by atoms with E-state index < -0.39 is 17.9 Å². The average molecular weight is 290 g/mol. The van der Waals surface area contributed by atoms with Gasteiger partial charge < -0.3 is 15.0 Å². The van der Waals surface area contributed by atoms with Crippen LogP contribution in [0.4, 0.5) is 0 Å². The predicted octanol–water partition coefficient (Wildman–Crippen LogP) is -0.258. The van der Waals surface area contributed by atoms with Crippen LogP contribution in [0.3, 0.4) is 0 Å². The van der Waals surface area contributed by atoms with Gasteiger partial charge in [-0.3, -0.25) is 9.89 Å². The molecule has 1 aliphatic rings. The van der Waals surface area contributed by atoms with Crippen LogP contribution in [0.2, 0.25) is 0 Å². The highest BCUT2D eigenvalue weighted by molar-refractivity contribution is 5.93. The van der Waals surface area contributed by atoms with Crippen LogP contribution in [0, 0.1) is 0 Å². The van der Waals surface area contributed by atoms with Crippen LogP contribution in [-0.4, -0.2) is 53.1 Å². The highest BCUT2D eigenvalue weighted by Crippen LogP contribution is 2.22. The molecule has 0 spiro atoms. The van der Waals surface area contributed by atoms with E-state index in [2.05, 4.69) is 25.1 Å². The van der Waals surface area contributed by atoms with E-state index in [0.717, 1.165) is 5.69 Å². The largest absolute Gasteiger partial charge is 0.480 e. The maximum absolute atomic E-state index is 12.5. The number of H-pyrrole nitrogens is 2. The molecule has 0 bridgehead atoms. The number of carboxylic acids is 1. The van der Waals surface area contributed by atoms with Crippen molar-refractivity contribution >= 4 is 11.9 Å². The van der Waals surface area contributed by atoms with E-state index in [-0.39, 0.29) is 18.8 Å². The number of aliphatic carboxylic acids is 1. The first-order valence-electron chi connectivity index (χ1n) is 6.56. The molecule has 3 N–H and O–H groups in total. The van der Waals surface area contributed by atoms with Gasteiger partial charge in [-0.05, 0) is 0 Å². The monoisotopic (exact) mass is 290 g/mol. The van der Waals surface area contributed by atoms with Gasteiger partial charge in [-0.25, -0.2) is 14.8 Å². The molecule has 3 heterocycles. The zero-order chi connectivity index (χ0) is 15.0. The van der Waals surface area contributed by atoms with Crippen LogP contribution < -0.4 is 0 Å². The van der Waals surface area contributed by atoms with Gasteiger partial charge in [0.25, 0.3) is 5.91 Å². The Morgan fingerprint density at radius 1 is 1.52 bits per heavy atom. The average Bonchev–Trinajstić information content (AvgIpc) is 3.13. The number of fused-ring (bicyclic) bond motifs is 1. The minimum atomic E-state index is -1.07. The second-order valence-corrected chi connectivity index (χ2v) is 4.78. The van der Waals surface area contributed by atoms with Gasteiger partial charge in [0, 0.05) is 12.8 Å². The summed E-state index contributed by atoms with van der Waals surface area (Å²) in [6.07, 6.45) is 2.29. The van der Waals surface area contributed by atoms with Crippen molar-refractivity contribution in [2.24, 2.45) is 0 Å². The fraction of sp³-hybridized carbons (Fsp3) is 0.417. The lowest BCUT2D eigenvalue weighted by Crippen LogP contribution is -2.49. The summed E-state index contributed by atoms with van der Waals surface area (Å²) in [6, 6.07) is -0.961. The first-order valence-corrected chi connectivity index (χ1v) is 6.56. The van der Waals surface area contributed by atoms with Crippen LogP contribution in [-0.2, 0) is 24.2 Å². The molecule has 110 valence electrons. The summed E-state index contributed by atoms with van der Waals surface area (Å²) in [7, 11) is 0. The quantitative estimate of drug-likeness (QED) is 0.714. The van der Waals surface area contributed by atoms with Gasteiger partial charge in [0.1, 0.15) is 11.9 Å². The molecule has 0 saturated carbocycles. The Morgan fingerprint density at radius 2 is 2.33 bits per heavy atom. The summed E-state index contributed by atoms with van der Waals surface area (Å²) < 4.78 is 0. The Hall–Kier alpha value is -2.71. The fourth-order valence-corrected chi connectivity index (χ4v) is 2.35. The van der Waals surface area contributed by atoms with Gasteiger partial charge in [0.05, 0.1) is 24.3 Å². The van der Waals surface area contributed by atoms with E-state index >= 15 is 0 Å². The number of aromatic nitrogens is 5. The number of hydrogen-bond donors (Lipinski definition) is 3. The van der Waals surface area contributed by atoms with Crippen molar-refractivity contribution in [3.63, 3.8) is 0 Å². The van der Waals surface area contributed by atoms with E-state index in [1.54, 1.807) is 0 Å². The first-order chi connectivity index (χ1) is 10.1. The van der Waals surface area contributed by atoms with Crippen molar-refractivity contribution in [2.45, 2.75) is 32.4 Å². The smallest absolute Gasteiger partial charge is 0.326 e. The van der Waals surface area contributed by atoms with Gasteiger partial charge >= 0.3 is 5.97 Å². The normalized spacial score (nSPS) is 17.6. The molecule has 2 aromatic rings. The number of nitrogens with zero attached hydrogens (tertiary/aromatic N) is 4. The minimum Gasteiger partial charge on any atom is -0.480 e. The van der Waals surface area contributed by atoms with Gasteiger partial charge in [-0.15, -0.1) is 5.10 Å². The third-order valence-corrected chi connectivity index (χ3v) is 3.50. The van der Waals surface area contributed by atoms with Crippen molar-refractivity contribution in [1.29, 1.82) is 0 Å². The van der Waals surface area contributed by atoms with Crippen molar-refractivity contribution in [2.75, 3.05) is 0 Å². The molecule has 1 aliphatic heterocycles. The Labute approximate surface area is 119 Å². The van der Waals surface area contributed by atoms with Gasteiger partial charge in [-0.2, -0.15) is 0 Å². The Kier molecular flexibility index (Phi) is 3.16. The summed E-state index contributed by atoms with van der Waals surface area (Å²) in [5.41, 5.74) is 1.42. The molecule has 1 amide bonds. The van der Waals surface area contributed by atoms with E-state index in [4.69, 9.17) is 0 Å². The van der Waals surface area contributed by atoms with E-state index in [1.807, 2.05) is 6.92 Å². The van der Waals surface area contributed by atoms with E-state index in [9.17, 15) is 14.7 Å². The third kappa shape index (κ3) is 2.26. The van der Waals surface area contributed by atoms with Crippen LogP contribution in [0.1, 0.15) is 34.8 Å². The molecule has 0 saturated heterocycles. The molecule has 0 fully saturated rings. The molecular formula is C12H14N6O3. The number of carboxylic acid groups (broad SMARTS) is 1. The maximum Gasteiger partial charge on any atom is 0.326 e. The highest BCUT2D eigenvalue weighted by atomic mass is 16.4. The molecule has 3 rings (SSSR count). The number of aromatic amines is 2. The molecule has 0 radical (unpaired) electrons. The molecule has 0 aliphatic carbocycles. The highest BCUT2D eigenvalue weighted by Gasteiger charge is 2.37. The molecule has 9 heteroatoms. The number of carbonyl (C=O) groups is 2. The molecule has 21 heavy (non-hydrogen) atoms. The van der Waals surface area contributed by atoms with Crippen LogP contribution in [0.5, 0.6) is 0 Å². The number of amides is 1. The Bertz CT molecular complexity index is 691. The second kappa shape index (κ2) is 5.00. The second-order valence-electron chi connectivity index (χ2n) is 4.78. The van der Waals surface area contributed by atoms with Crippen LogP contribution in [0.25, 0.3) is 0 Å². The van der Waals surface area contributed by atoms with E-state index in [1.165, 1.54) is 11.2 Å². The molecule has 2 aromatic heterocycles. The topological polar surface area (TPSA) is 128 Å². The van der Waals surface area contributed by atoms with Crippen molar-refractivity contribution in [3.8, 4) is 0 Å². The number of aryl methyl sites for hydroxylation is 1. The lowest BCUT2D eigenvalue weighted by atomic mass is 10.0. The maximum atomic E-state index is 12.5. The van der Waals surface area contributed by atoms with Gasteiger partial charge in [-0.1, -0.05) is 6.92 Å². The van der Waals surface area contributed by atoms with Crippen molar-refractivity contribution in [3.05, 3.63) is 29.4 Å². The van der Waals surface area contributed by atoms with Gasteiger partial charge in [0.15, 0.2) is 0 Å². The van der Waals surface area contributed by atoms with Crippen LogP contribution >= 0.6 is 0 Å². The summed E-state index contributed by atoms with van der Waals surface area (Å²) in [4.78, 5) is 36.2. The first kappa shape index (κ1) is 13.3. The number of rotatable bonds is 3. The zero-order valence-electron chi connectivity index (χ0n) is 11.3. The van der Waals surface area contributed by atoms with Crippen molar-refractivity contribution in [1.82, 2.24) is 30.0 Å². The lowest BCUT2D eigenvalue weighted by Gasteiger charge is -2.31. The number of carbonyl (C=O) groups excluding carboxylic acids is 1. The molecular weight excluding hydrogens is 276 g/mol. The number of nitrogens with one attached hydrogen (secondary N) is 2.